The summed E-state index contributed by atoms with van der Waals surface area (Å²) in [4.78, 5) is 5.15. The maximum absolute atomic E-state index is 13.8. The summed E-state index contributed by atoms with van der Waals surface area (Å²) in [5, 5.41) is 6.36. The van der Waals surface area contributed by atoms with Gasteiger partial charge >= 0.3 is 0 Å². The number of thiazole rings is 1. The molecule has 0 saturated carbocycles. The van der Waals surface area contributed by atoms with Gasteiger partial charge in [0.15, 0.2) is 0 Å². The summed E-state index contributed by atoms with van der Waals surface area (Å²) in [5.74, 6) is -1.26. The van der Waals surface area contributed by atoms with Crippen molar-refractivity contribution in [2.75, 3.05) is 6.54 Å². The Morgan fingerprint density at radius 2 is 1.88 bits per heavy atom. The molecule has 0 atom stereocenters. The Balaban J connectivity index is 2.07. The molecular weight excluding hydrogens is 340 g/mol. The van der Waals surface area contributed by atoms with E-state index in [9.17, 15) is 8.78 Å². The fourth-order valence-corrected chi connectivity index (χ4v) is 3.21. The molecule has 2 aromatic carbocycles. The molecule has 3 aromatic rings. The molecule has 1 heterocycles. The van der Waals surface area contributed by atoms with Gasteiger partial charge in [-0.2, -0.15) is 5.10 Å². The van der Waals surface area contributed by atoms with Crippen molar-refractivity contribution in [2.45, 2.75) is 13.8 Å². The van der Waals surface area contributed by atoms with Crippen LogP contribution in [0.2, 0.25) is 0 Å². The lowest BCUT2D eigenvalue weighted by Crippen LogP contribution is -2.12. The van der Waals surface area contributed by atoms with Crippen LogP contribution in [-0.2, 0) is 0 Å². The first-order chi connectivity index (χ1) is 12.1. The summed E-state index contributed by atoms with van der Waals surface area (Å²) < 4.78 is 28.6. The molecule has 0 fully saturated rings. The molecule has 0 aliphatic heterocycles. The molecule has 0 N–H and O–H groups in total. The Kier molecular flexibility index (Phi) is 5.19. The number of rotatable bonds is 4. The van der Waals surface area contributed by atoms with Crippen LogP contribution in [0.1, 0.15) is 18.1 Å². The molecule has 25 heavy (non-hydrogen) atoms. The van der Waals surface area contributed by atoms with E-state index in [-0.39, 0.29) is 5.56 Å². The van der Waals surface area contributed by atoms with E-state index in [1.165, 1.54) is 35.2 Å². The predicted octanol–water partition coefficient (Wildman–Crippen LogP) is 4.61. The Morgan fingerprint density at radius 1 is 1.12 bits per heavy atom. The van der Waals surface area contributed by atoms with Gasteiger partial charge in [0.25, 0.3) is 0 Å². The van der Waals surface area contributed by atoms with Crippen LogP contribution in [0.5, 0.6) is 0 Å². The van der Waals surface area contributed by atoms with Crippen molar-refractivity contribution in [3.8, 4) is 11.3 Å². The summed E-state index contributed by atoms with van der Waals surface area (Å²) in [6.45, 7) is 4.59. The number of aromatic nitrogens is 1. The zero-order chi connectivity index (χ0) is 17.8. The normalized spacial score (nSPS) is 12.2. The maximum Gasteiger partial charge on any atom is 0.206 e. The van der Waals surface area contributed by atoms with Gasteiger partial charge in [-0.1, -0.05) is 29.8 Å². The first kappa shape index (κ1) is 17.2. The molecule has 0 aliphatic carbocycles. The third kappa shape index (κ3) is 3.91. The van der Waals surface area contributed by atoms with Gasteiger partial charge in [0, 0.05) is 29.1 Å². The monoisotopic (exact) mass is 357 g/mol. The summed E-state index contributed by atoms with van der Waals surface area (Å²) in [6.07, 6.45) is 1.38. The molecular formula is C19H17F2N3S. The lowest BCUT2D eigenvalue weighted by Gasteiger charge is -2.04. The Bertz CT molecular complexity index is 969. The number of hydrogen-bond acceptors (Lipinski definition) is 3. The zero-order valence-electron chi connectivity index (χ0n) is 13.9. The van der Waals surface area contributed by atoms with Crippen molar-refractivity contribution in [1.82, 2.24) is 4.68 Å². The molecule has 3 nitrogen and oxygen atoms in total. The van der Waals surface area contributed by atoms with Gasteiger partial charge < -0.3 is 0 Å². The summed E-state index contributed by atoms with van der Waals surface area (Å²) in [6, 6.07) is 11.5. The molecule has 0 saturated heterocycles. The minimum absolute atomic E-state index is 0.220. The number of benzene rings is 2. The van der Waals surface area contributed by atoms with E-state index in [1.807, 2.05) is 43.5 Å². The van der Waals surface area contributed by atoms with Crippen LogP contribution in [0.15, 0.2) is 57.9 Å². The second kappa shape index (κ2) is 7.53. The molecule has 0 aliphatic rings. The third-order valence-electron chi connectivity index (χ3n) is 3.60. The molecule has 3 rings (SSSR count). The second-order valence-corrected chi connectivity index (χ2v) is 6.30. The van der Waals surface area contributed by atoms with Crippen molar-refractivity contribution in [3.63, 3.8) is 0 Å². The molecule has 0 bridgehead atoms. The van der Waals surface area contributed by atoms with Crippen molar-refractivity contribution in [3.05, 3.63) is 75.4 Å². The minimum atomic E-state index is -0.648. The topological polar surface area (TPSA) is 29.6 Å². The van der Waals surface area contributed by atoms with Crippen LogP contribution in [0, 0.1) is 18.6 Å². The Labute approximate surface area is 148 Å². The van der Waals surface area contributed by atoms with Gasteiger partial charge in [-0.15, -0.1) is 11.3 Å². The van der Waals surface area contributed by atoms with Crippen LogP contribution >= 0.6 is 11.3 Å². The molecule has 0 amide bonds. The van der Waals surface area contributed by atoms with Crippen molar-refractivity contribution in [1.29, 1.82) is 0 Å². The number of halogens is 2. The molecule has 128 valence electrons. The largest absolute Gasteiger partial charge is 0.258 e. The highest BCUT2D eigenvalue weighted by Crippen LogP contribution is 2.20. The van der Waals surface area contributed by atoms with Crippen molar-refractivity contribution in [2.24, 2.45) is 10.1 Å². The van der Waals surface area contributed by atoms with E-state index in [0.29, 0.717) is 6.54 Å². The predicted molar refractivity (Wildman–Crippen MR) is 97.9 cm³/mol. The number of aryl methyl sites for hydroxylation is 1. The van der Waals surface area contributed by atoms with E-state index in [2.05, 4.69) is 10.1 Å². The first-order valence-electron chi connectivity index (χ1n) is 7.86. The van der Waals surface area contributed by atoms with Gasteiger partial charge in [-0.25, -0.2) is 13.5 Å². The lowest BCUT2D eigenvalue weighted by molar-refractivity contribution is 0.582. The van der Waals surface area contributed by atoms with Crippen LogP contribution in [0.3, 0.4) is 0 Å². The minimum Gasteiger partial charge on any atom is -0.258 e. The van der Waals surface area contributed by atoms with Gasteiger partial charge in [0.1, 0.15) is 11.6 Å². The SMILES string of the molecule is CCN=c1scc(-c2ccc(C)cc2)n1N=Cc1ccc(F)cc1F. The van der Waals surface area contributed by atoms with Gasteiger partial charge in [-0.3, -0.25) is 4.99 Å². The van der Waals surface area contributed by atoms with E-state index in [4.69, 9.17) is 0 Å². The number of nitrogens with zero attached hydrogens (tertiary/aromatic N) is 3. The van der Waals surface area contributed by atoms with E-state index < -0.39 is 11.6 Å². The molecule has 0 radical (unpaired) electrons. The van der Waals surface area contributed by atoms with Crippen LogP contribution in [0.4, 0.5) is 8.78 Å². The second-order valence-electron chi connectivity index (χ2n) is 5.47. The molecule has 1 aromatic heterocycles. The van der Waals surface area contributed by atoms with Crippen LogP contribution < -0.4 is 4.80 Å². The summed E-state index contributed by atoms with van der Waals surface area (Å²) >= 11 is 1.47. The van der Waals surface area contributed by atoms with Crippen molar-refractivity contribution < 1.29 is 8.78 Å². The van der Waals surface area contributed by atoms with Gasteiger partial charge in [0.05, 0.1) is 11.9 Å². The summed E-state index contributed by atoms with van der Waals surface area (Å²) in [7, 11) is 0. The van der Waals surface area contributed by atoms with E-state index in [1.54, 1.807) is 4.68 Å². The highest BCUT2D eigenvalue weighted by Gasteiger charge is 2.08. The average molecular weight is 357 g/mol. The average Bonchev–Trinajstić information content (AvgIpc) is 2.98. The standard InChI is InChI=1S/C19H17F2N3S/c1-3-22-19-24(23-11-15-8-9-16(20)10-17(15)21)18(12-25-19)14-6-4-13(2)5-7-14/h4-12H,3H2,1-2H3. The van der Waals surface area contributed by atoms with E-state index in [0.717, 1.165) is 22.1 Å². The van der Waals surface area contributed by atoms with Gasteiger partial charge in [-0.05, 0) is 26.0 Å². The highest BCUT2D eigenvalue weighted by molar-refractivity contribution is 7.07. The Hall–Kier alpha value is -2.60. The first-order valence-corrected chi connectivity index (χ1v) is 8.74. The van der Waals surface area contributed by atoms with Crippen LogP contribution in [-0.4, -0.2) is 17.4 Å². The van der Waals surface area contributed by atoms with Gasteiger partial charge in [0.2, 0.25) is 4.80 Å². The lowest BCUT2D eigenvalue weighted by atomic mass is 10.1. The third-order valence-corrected chi connectivity index (χ3v) is 4.45. The maximum atomic E-state index is 13.8. The molecule has 0 unspecified atom stereocenters. The molecule has 6 heteroatoms. The smallest absolute Gasteiger partial charge is 0.206 e. The fraction of sp³-hybridized carbons (Fsp3) is 0.158. The Morgan fingerprint density at radius 3 is 2.56 bits per heavy atom. The van der Waals surface area contributed by atoms with E-state index >= 15 is 0 Å². The quantitative estimate of drug-likeness (QED) is 0.611. The van der Waals surface area contributed by atoms with Crippen molar-refractivity contribution >= 4 is 17.6 Å². The fourth-order valence-electron chi connectivity index (χ4n) is 2.30. The molecule has 0 spiro atoms. The highest BCUT2D eigenvalue weighted by atomic mass is 32.1. The number of hydrogen-bond donors (Lipinski definition) is 0. The van der Waals surface area contributed by atoms with Crippen LogP contribution in [0.25, 0.3) is 11.3 Å². The summed E-state index contributed by atoms with van der Waals surface area (Å²) in [5.41, 5.74) is 3.25. The zero-order valence-corrected chi connectivity index (χ0v) is 14.7.